The van der Waals surface area contributed by atoms with E-state index in [-0.39, 0.29) is 6.04 Å². The van der Waals surface area contributed by atoms with Gasteiger partial charge in [0.1, 0.15) is 0 Å². The molecule has 1 nitrogen and oxygen atoms in total. The second kappa shape index (κ2) is 6.03. The van der Waals surface area contributed by atoms with Gasteiger partial charge in [-0.1, -0.05) is 61.0 Å². The number of benzene rings is 2. The molecule has 18 heavy (non-hydrogen) atoms. The van der Waals surface area contributed by atoms with Crippen molar-refractivity contribution in [1.82, 2.24) is 0 Å². The predicted octanol–water partition coefficient (Wildman–Crippen LogP) is 4.14. The lowest BCUT2D eigenvalue weighted by Crippen LogP contribution is -2.14. The Labute approximate surface area is 114 Å². The summed E-state index contributed by atoms with van der Waals surface area (Å²) in [6.07, 6.45) is 1.82. The SMILES string of the molecule is CCc1ccc(Cl)c(C(N)Cc2ccccc2)c1. The van der Waals surface area contributed by atoms with Crippen LogP contribution >= 0.6 is 11.6 Å². The molecule has 94 valence electrons. The molecule has 0 saturated heterocycles. The van der Waals surface area contributed by atoms with Gasteiger partial charge in [-0.05, 0) is 35.6 Å². The molecule has 2 heteroatoms. The van der Waals surface area contributed by atoms with Crippen LogP contribution in [0.1, 0.15) is 29.7 Å². The zero-order chi connectivity index (χ0) is 13.0. The second-order valence-electron chi connectivity index (χ2n) is 4.51. The van der Waals surface area contributed by atoms with Crippen LogP contribution in [0.5, 0.6) is 0 Å². The fourth-order valence-corrected chi connectivity index (χ4v) is 2.33. The van der Waals surface area contributed by atoms with Gasteiger partial charge in [0.05, 0.1) is 0 Å². The number of halogens is 1. The van der Waals surface area contributed by atoms with Gasteiger partial charge in [-0.2, -0.15) is 0 Å². The molecule has 0 aromatic heterocycles. The molecular formula is C16H18ClN. The molecule has 0 bridgehead atoms. The first-order valence-corrected chi connectivity index (χ1v) is 6.66. The normalized spacial score (nSPS) is 12.4. The maximum Gasteiger partial charge on any atom is 0.0454 e. The Kier molecular flexibility index (Phi) is 4.40. The summed E-state index contributed by atoms with van der Waals surface area (Å²) in [5.41, 5.74) is 9.82. The Balaban J connectivity index is 2.20. The molecule has 0 radical (unpaired) electrons. The lowest BCUT2D eigenvalue weighted by Gasteiger charge is -2.15. The van der Waals surface area contributed by atoms with E-state index < -0.39 is 0 Å². The Morgan fingerprint density at radius 3 is 2.44 bits per heavy atom. The summed E-state index contributed by atoms with van der Waals surface area (Å²) < 4.78 is 0. The number of hydrogen-bond acceptors (Lipinski definition) is 1. The van der Waals surface area contributed by atoms with E-state index >= 15 is 0 Å². The van der Waals surface area contributed by atoms with Gasteiger partial charge in [0, 0.05) is 11.1 Å². The van der Waals surface area contributed by atoms with Gasteiger partial charge in [-0.3, -0.25) is 0 Å². The van der Waals surface area contributed by atoms with Crippen LogP contribution in [0.2, 0.25) is 5.02 Å². The highest BCUT2D eigenvalue weighted by atomic mass is 35.5. The third-order valence-corrected chi connectivity index (χ3v) is 3.51. The minimum Gasteiger partial charge on any atom is -0.324 e. The monoisotopic (exact) mass is 259 g/mol. The summed E-state index contributed by atoms with van der Waals surface area (Å²) in [4.78, 5) is 0. The van der Waals surface area contributed by atoms with Gasteiger partial charge in [0.25, 0.3) is 0 Å². The minimum atomic E-state index is -0.0496. The largest absolute Gasteiger partial charge is 0.324 e. The molecule has 0 heterocycles. The molecule has 2 aromatic rings. The maximum absolute atomic E-state index is 6.27. The molecule has 0 aliphatic rings. The van der Waals surface area contributed by atoms with Crippen LogP contribution in [0.4, 0.5) is 0 Å². The first-order valence-electron chi connectivity index (χ1n) is 6.28. The smallest absolute Gasteiger partial charge is 0.0454 e. The van der Waals surface area contributed by atoms with E-state index in [1.165, 1.54) is 11.1 Å². The van der Waals surface area contributed by atoms with E-state index in [2.05, 4.69) is 31.2 Å². The van der Waals surface area contributed by atoms with Crippen molar-refractivity contribution >= 4 is 11.6 Å². The number of hydrogen-bond donors (Lipinski definition) is 1. The highest BCUT2D eigenvalue weighted by Gasteiger charge is 2.11. The van der Waals surface area contributed by atoms with Gasteiger partial charge in [0.15, 0.2) is 0 Å². The van der Waals surface area contributed by atoms with Crippen molar-refractivity contribution in [2.45, 2.75) is 25.8 Å². The highest BCUT2D eigenvalue weighted by Crippen LogP contribution is 2.25. The molecule has 2 N–H and O–H groups in total. The number of nitrogens with two attached hydrogens (primary N) is 1. The van der Waals surface area contributed by atoms with Crippen molar-refractivity contribution in [2.75, 3.05) is 0 Å². The molecule has 0 spiro atoms. The quantitative estimate of drug-likeness (QED) is 0.877. The molecule has 0 amide bonds. The van der Waals surface area contributed by atoms with E-state index in [0.717, 1.165) is 23.4 Å². The Hall–Kier alpha value is -1.31. The summed E-state index contributed by atoms with van der Waals surface area (Å²) in [6, 6.07) is 16.3. The van der Waals surface area contributed by atoms with Crippen molar-refractivity contribution < 1.29 is 0 Å². The van der Waals surface area contributed by atoms with Crippen molar-refractivity contribution in [3.05, 3.63) is 70.2 Å². The zero-order valence-electron chi connectivity index (χ0n) is 10.6. The van der Waals surface area contributed by atoms with E-state index in [9.17, 15) is 0 Å². The van der Waals surface area contributed by atoms with E-state index in [1.807, 2.05) is 24.3 Å². The van der Waals surface area contributed by atoms with Crippen LogP contribution in [-0.4, -0.2) is 0 Å². The summed E-state index contributed by atoms with van der Waals surface area (Å²) in [5.74, 6) is 0. The van der Waals surface area contributed by atoms with Gasteiger partial charge >= 0.3 is 0 Å². The Morgan fingerprint density at radius 2 is 1.78 bits per heavy atom. The highest BCUT2D eigenvalue weighted by molar-refractivity contribution is 6.31. The van der Waals surface area contributed by atoms with Crippen LogP contribution in [0.25, 0.3) is 0 Å². The van der Waals surface area contributed by atoms with Crippen LogP contribution < -0.4 is 5.73 Å². The zero-order valence-corrected chi connectivity index (χ0v) is 11.3. The molecule has 1 atom stereocenters. The molecule has 1 unspecified atom stereocenters. The van der Waals surface area contributed by atoms with E-state index in [1.54, 1.807) is 0 Å². The summed E-state index contributed by atoms with van der Waals surface area (Å²) >= 11 is 6.23. The van der Waals surface area contributed by atoms with Crippen LogP contribution in [0.3, 0.4) is 0 Å². The molecule has 0 aliphatic carbocycles. The van der Waals surface area contributed by atoms with Gasteiger partial charge < -0.3 is 5.73 Å². The molecule has 0 fully saturated rings. The molecule has 2 aromatic carbocycles. The Morgan fingerprint density at radius 1 is 1.06 bits per heavy atom. The summed E-state index contributed by atoms with van der Waals surface area (Å²) in [5, 5.41) is 0.760. The standard InChI is InChI=1S/C16H18ClN/c1-2-12-8-9-15(17)14(10-12)16(18)11-13-6-4-3-5-7-13/h3-10,16H,2,11,18H2,1H3. The molecule has 0 saturated carbocycles. The first-order chi connectivity index (χ1) is 8.70. The van der Waals surface area contributed by atoms with Crippen molar-refractivity contribution in [2.24, 2.45) is 5.73 Å². The van der Waals surface area contributed by atoms with E-state index in [0.29, 0.717) is 0 Å². The molecule has 2 rings (SSSR count). The first kappa shape index (κ1) is 13.1. The lowest BCUT2D eigenvalue weighted by atomic mass is 9.97. The van der Waals surface area contributed by atoms with Crippen LogP contribution in [-0.2, 0) is 12.8 Å². The average molecular weight is 260 g/mol. The van der Waals surface area contributed by atoms with Gasteiger partial charge in [-0.15, -0.1) is 0 Å². The third-order valence-electron chi connectivity index (χ3n) is 3.17. The van der Waals surface area contributed by atoms with Crippen molar-refractivity contribution in [3.8, 4) is 0 Å². The van der Waals surface area contributed by atoms with E-state index in [4.69, 9.17) is 17.3 Å². The van der Waals surface area contributed by atoms with Crippen molar-refractivity contribution in [1.29, 1.82) is 0 Å². The maximum atomic E-state index is 6.27. The topological polar surface area (TPSA) is 26.0 Å². The van der Waals surface area contributed by atoms with Crippen LogP contribution in [0, 0.1) is 0 Å². The third kappa shape index (κ3) is 3.12. The van der Waals surface area contributed by atoms with Gasteiger partial charge in [0.2, 0.25) is 0 Å². The summed E-state index contributed by atoms with van der Waals surface area (Å²) in [6.45, 7) is 2.13. The fourth-order valence-electron chi connectivity index (χ4n) is 2.08. The molecular weight excluding hydrogens is 242 g/mol. The number of aryl methyl sites for hydroxylation is 1. The van der Waals surface area contributed by atoms with Gasteiger partial charge in [-0.25, -0.2) is 0 Å². The predicted molar refractivity (Wildman–Crippen MR) is 77.9 cm³/mol. The second-order valence-corrected chi connectivity index (χ2v) is 4.91. The lowest BCUT2D eigenvalue weighted by molar-refractivity contribution is 0.721. The molecule has 0 aliphatic heterocycles. The minimum absolute atomic E-state index is 0.0496. The van der Waals surface area contributed by atoms with Crippen molar-refractivity contribution in [3.63, 3.8) is 0 Å². The average Bonchev–Trinajstić information content (AvgIpc) is 2.40. The summed E-state index contributed by atoms with van der Waals surface area (Å²) in [7, 11) is 0. The number of rotatable bonds is 4. The van der Waals surface area contributed by atoms with Crippen LogP contribution in [0.15, 0.2) is 48.5 Å². The fraction of sp³-hybridized carbons (Fsp3) is 0.250. The Bertz CT molecular complexity index is 508.